The summed E-state index contributed by atoms with van der Waals surface area (Å²) < 4.78 is 11.0. The molecule has 1 heterocycles. The van der Waals surface area contributed by atoms with Crippen molar-refractivity contribution in [1.29, 1.82) is 0 Å². The Morgan fingerprint density at radius 3 is 2.74 bits per heavy atom. The molecule has 2 rings (SSSR count). The smallest absolute Gasteiger partial charge is 0.221 e. The standard InChI is InChI=1S/C15H19NO3/c1-5-11(17)10-7-6-8-12(18-4)13(10)14-16-15(2,3)9-19-14/h6-8H,5,9H2,1-4H3. The van der Waals surface area contributed by atoms with Crippen molar-refractivity contribution in [2.45, 2.75) is 32.7 Å². The molecule has 0 unspecified atom stereocenters. The van der Waals surface area contributed by atoms with E-state index < -0.39 is 0 Å². The average molecular weight is 261 g/mol. The van der Waals surface area contributed by atoms with Crippen LogP contribution in [0.4, 0.5) is 0 Å². The molecule has 0 spiro atoms. The molecule has 0 saturated carbocycles. The van der Waals surface area contributed by atoms with Gasteiger partial charge in [-0.25, -0.2) is 4.99 Å². The summed E-state index contributed by atoms with van der Waals surface area (Å²) in [5.41, 5.74) is 1.02. The highest BCUT2D eigenvalue weighted by molar-refractivity contribution is 6.10. The van der Waals surface area contributed by atoms with Gasteiger partial charge in [0.15, 0.2) is 5.78 Å². The third kappa shape index (κ3) is 2.62. The van der Waals surface area contributed by atoms with Gasteiger partial charge in [0.25, 0.3) is 0 Å². The largest absolute Gasteiger partial charge is 0.496 e. The molecule has 4 heteroatoms. The van der Waals surface area contributed by atoms with Gasteiger partial charge >= 0.3 is 0 Å². The molecule has 0 saturated heterocycles. The van der Waals surface area contributed by atoms with Gasteiger partial charge in [-0.1, -0.05) is 19.1 Å². The van der Waals surface area contributed by atoms with Crippen LogP contribution in [0.15, 0.2) is 23.2 Å². The zero-order chi connectivity index (χ0) is 14.0. The van der Waals surface area contributed by atoms with Crippen LogP contribution in [0.2, 0.25) is 0 Å². The minimum Gasteiger partial charge on any atom is -0.496 e. The topological polar surface area (TPSA) is 47.9 Å². The predicted octanol–water partition coefficient (Wildman–Crippen LogP) is 2.84. The van der Waals surface area contributed by atoms with Gasteiger partial charge in [-0.05, 0) is 19.9 Å². The van der Waals surface area contributed by atoms with E-state index in [1.54, 1.807) is 13.2 Å². The second-order valence-corrected chi connectivity index (χ2v) is 5.18. The van der Waals surface area contributed by atoms with Crippen LogP contribution in [-0.4, -0.2) is 30.9 Å². The number of carbonyl (C=O) groups excluding carboxylic acids is 1. The minimum atomic E-state index is -0.261. The van der Waals surface area contributed by atoms with Gasteiger partial charge < -0.3 is 9.47 Å². The van der Waals surface area contributed by atoms with Gasteiger partial charge in [0.1, 0.15) is 12.4 Å². The molecular formula is C15H19NO3. The van der Waals surface area contributed by atoms with Crippen molar-refractivity contribution in [2.75, 3.05) is 13.7 Å². The van der Waals surface area contributed by atoms with E-state index in [1.165, 1.54) is 0 Å². The van der Waals surface area contributed by atoms with Gasteiger partial charge in [-0.2, -0.15) is 0 Å². The molecule has 0 bridgehead atoms. The van der Waals surface area contributed by atoms with Gasteiger partial charge in [0, 0.05) is 12.0 Å². The lowest BCUT2D eigenvalue weighted by atomic mass is 10.0. The van der Waals surface area contributed by atoms with Crippen LogP contribution in [0.3, 0.4) is 0 Å². The number of methoxy groups -OCH3 is 1. The van der Waals surface area contributed by atoms with Crippen LogP contribution in [0, 0.1) is 0 Å². The van der Waals surface area contributed by atoms with Gasteiger partial charge in [-0.15, -0.1) is 0 Å². The van der Waals surface area contributed by atoms with Crippen molar-refractivity contribution >= 4 is 11.7 Å². The van der Waals surface area contributed by atoms with Gasteiger partial charge in [-0.3, -0.25) is 4.79 Å². The minimum absolute atomic E-state index is 0.0601. The molecule has 0 amide bonds. The van der Waals surface area contributed by atoms with Crippen LogP contribution in [-0.2, 0) is 4.74 Å². The summed E-state index contributed by atoms with van der Waals surface area (Å²) in [4.78, 5) is 16.6. The second kappa shape index (κ2) is 5.03. The number of ether oxygens (including phenoxy) is 2. The first-order valence-corrected chi connectivity index (χ1v) is 6.41. The summed E-state index contributed by atoms with van der Waals surface area (Å²) in [6, 6.07) is 5.42. The van der Waals surface area contributed by atoms with Gasteiger partial charge in [0.05, 0.1) is 18.2 Å². The molecule has 0 radical (unpaired) electrons. The first kappa shape index (κ1) is 13.6. The van der Waals surface area contributed by atoms with E-state index in [9.17, 15) is 4.79 Å². The molecule has 19 heavy (non-hydrogen) atoms. The number of ketones is 1. The zero-order valence-electron chi connectivity index (χ0n) is 11.8. The lowest BCUT2D eigenvalue weighted by molar-refractivity contribution is 0.0987. The predicted molar refractivity (Wildman–Crippen MR) is 74.2 cm³/mol. The zero-order valence-corrected chi connectivity index (χ0v) is 11.8. The van der Waals surface area contributed by atoms with E-state index in [0.29, 0.717) is 35.8 Å². The van der Waals surface area contributed by atoms with Crippen molar-refractivity contribution in [3.8, 4) is 5.75 Å². The summed E-state index contributed by atoms with van der Waals surface area (Å²) in [7, 11) is 1.58. The maximum atomic E-state index is 12.1. The number of rotatable bonds is 4. The van der Waals surface area contributed by atoms with Crippen molar-refractivity contribution in [3.05, 3.63) is 29.3 Å². The molecular weight excluding hydrogens is 242 g/mol. The fourth-order valence-corrected chi connectivity index (χ4v) is 2.06. The number of benzene rings is 1. The summed E-state index contributed by atoms with van der Waals surface area (Å²) >= 11 is 0. The Bertz CT molecular complexity index is 532. The Hall–Kier alpha value is -1.84. The fraction of sp³-hybridized carbons (Fsp3) is 0.467. The summed E-state index contributed by atoms with van der Waals surface area (Å²) in [6.07, 6.45) is 0.441. The highest BCUT2D eigenvalue weighted by Crippen LogP contribution is 2.29. The van der Waals surface area contributed by atoms with E-state index in [-0.39, 0.29) is 11.3 Å². The molecule has 1 aromatic carbocycles. The molecule has 0 fully saturated rings. The van der Waals surface area contributed by atoms with E-state index in [2.05, 4.69) is 4.99 Å². The highest BCUT2D eigenvalue weighted by atomic mass is 16.5. The third-order valence-electron chi connectivity index (χ3n) is 3.05. The first-order chi connectivity index (χ1) is 8.98. The van der Waals surface area contributed by atoms with E-state index in [4.69, 9.17) is 9.47 Å². The Morgan fingerprint density at radius 1 is 1.47 bits per heavy atom. The number of hydrogen-bond donors (Lipinski definition) is 0. The second-order valence-electron chi connectivity index (χ2n) is 5.18. The molecule has 4 nitrogen and oxygen atoms in total. The van der Waals surface area contributed by atoms with Crippen LogP contribution in [0.1, 0.15) is 43.1 Å². The maximum absolute atomic E-state index is 12.1. The molecule has 0 N–H and O–H groups in total. The maximum Gasteiger partial charge on any atom is 0.221 e. The van der Waals surface area contributed by atoms with Crippen LogP contribution in [0.25, 0.3) is 0 Å². The van der Waals surface area contributed by atoms with Crippen LogP contribution < -0.4 is 4.74 Å². The van der Waals surface area contributed by atoms with Crippen LogP contribution in [0.5, 0.6) is 5.75 Å². The molecule has 0 aromatic heterocycles. The SMILES string of the molecule is CCC(=O)c1cccc(OC)c1C1=NC(C)(C)CO1. The Labute approximate surface area is 113 Å². The van der Waals surface area contributed by atoms with E-state index in [1.807, 2.05) is 32.9 Å². The summed E-state index contributed by atoms with van der Waals surface area (Å²) in [5.74, 6) is 1.18. The summed E-state index contributed by atoms with van der Waals surface area (Å²) in [6.45, 7) is 6.35. The fourth-order valence-electron chi connectivity index (χ4n) is 2.06. The van der Waals surface area contributed by atoms with Crippen LogP contribution >= 0.6 is 0 Å². The van der Waals surface area contributed by atoms with Crippen molar-refractivity contribution < 1.29 is 14.3 Å². The molecule has 0 aliphatic carbocycles. The molecule has 1 aliphatic heterocycles. The lowest BCUT2D eigenvalue weighted by Crippen LogP contribution is -2.17. The number of aliphatic imine (C=N–C) groups is 1. The number of nitrogens with zero attached hydrogens (tertiary/aromatic N) is 1. The lowest BCUT2D eigenvalue weighted by Gasteiger charge is -2.12. The van der Waals surface area contributed by atoms with E-state index in [0.717, 1.165) is 0 Å². The highest BCUT2D eigenvalue weighted by Gasteiger charge is 2.30. The quantitative estimate of drug-likeness (QED) is 0.783. The number of carbonyl (C=O) groups is 1. The molecule has 1 aliphatic rings. The van der Waals surface area contributed by atoms with Crippen molar-refractivity contribution in [2.24, 2.45) is 4.99 Å². The van der Waals surface area contributed by atoms with E-state index >= 15 is 0 Å². The Balaban J connectivity index is 2.57. The number of Topliss-reactive ketones (excluding diaryl/α,β-unsaturated/α-hetero) is 1. The Morgan fingerprint density at radius 2 is 2.21 bits per heavy atom. The van der Waals surface area contributed by atoms with Crippen molar-refractivity contribution in [3.63, 3.8) is 0 Å². The third-order valence-corrected chi connectivity index (χ3v) is 3.05. The summed E-state index contributed by atoms with van der Waals surface area (Å²) in [5, 5.41) is 0. The van der Waals surface area contributed by atoms with Crippen molar-refractivity contribution in [1.82, 2.24) is 0 Å². The Kier molecular flexibility index (Phi) is 3.60. The van der Waals surface area contributed by atoms with Gasteiger partial charge in [0.2, 0.25) is 5.90 Å². The first-order valence-electron chi connectivity index (χ1n) is 6.41. The monoisotopic (exact) mass is 261 g/mol. The molecule has 102 valence electrons. The average Bonchev–Trinajstić information content (AvgIpc) is 2.76. The molecule has 1 aromatic rings. The number of hydrogen-bond acceptors (Lipinski definition) is 4. The molecule has 0 atom stereocenters. The normalized spacial score (nSPS) is 16.7.